The minimum absolute atomic E-state index is 0.531. The fraction of sp³-hybridized carbons (Fsp3) is 0.647. The van der Waals surface area contributed by atoms with E-state index in [2.05, 4.69) is 67.3 Å². The fourth-order valence-corrected chi connectivity index (χ4v) is 4.11. The number of hydrogen-bond donors (Lipinski definition) is 1. The van der Waals surface area contributed by atoms with Crippen LogP contribution in [-0.2, 0) is 0 Å². The van der Waals surface area contributed by atoms with Crippen molar-refractivity contribution in [3.8, 4) is 0 Å². The molecule has 1 saturated heterocycles. The van der Waals surface area contributed by atoms with Crippen molar-refractivity contribution in [3.05, 3.63) is 32.7 Å². The van der Waals surface area contributed by atoms with E-state index >= 15 is 0 Å². The molecule has 1 N–H and O–H groups in total. The van der Waals surface area contributed by atoms with Gasteiger partial charge >= 0.3 is 0 Å². The number of hydrogen-bond acceptors (Lipinski definition) is 2. The highest BCUT2D eigenvalue weighted by Crippen LogP contribution is 2.37. The molecule has 1 aromatic rings. The van der Waals surface area contributed by atoms with Gasteiger partial charge in [0.05, 0.1) is 0 Å². The highest BCUT2D eigenvalue weighted by atomic mass is 79.9. The second-order valence-corrected chi connectivity index (χ2v) is 8.25. The van der Waals surface area contributed by atoms with Crippen LogP contribution in [0.4, 0.5) is 0 Å². The second-order valence-electron chi connectivity index (χ2n) is 6.54. The molecule has 0 aromatic heterocycles. The highest BCUT2D eigenvalue weighted by Gasteiger charge is 2.31. The molecule has 2 nitrogen and oxygen atoms in total. The Morgan fingerprint density at radius 1 is 1.14 bits per heavy atom. The predicted octanol–water partition coefficient (Wildman–Crippen LogP) is 4.74. The summed E-state index contributed by atoms with van der Waals surface area (Å²) in [6.45, 7) is 2.37. The van der Waals surface area contributed by atoms with Crippen LogP contribution in [0.1, 0.15) is 43.7 Å². The highest BCUT2D eigenvalue weighted by molar-refractivity contribution is 9.13. The van der Waals surface area contributed by atoms with Crippen molar-refractivity contribution < 1.29 is 0 Å². The van der Waals surface area contributed by atoms with E-state index in [9.17, 15) is 0 Å². The normalized spacial score (nSPS) is 27.6. The molecule has 1 aliphatic heterocycles. The summed E-state index contributed by atoms with van der Waals surface area (Å²) in [5, 5.41) is 3.75. The van der Waals surface area contributed by atoms with Gasteiger partial charge in [-0.1, -0.05) is 12.5 Å². The maximum atomic E-state index is 3.75. The Morgan fingerprint density at radius 2 is 1.95 bits per heavy atom. The van der Waals surface area contributed by atoms with Crippen LogP contribution in [0.25, 0.3) is 0 Å². The molecule has 3 rings (SSSR count). The lowest BCUT2D eigenvalue weighted by Gasteiger charge is -2.33. The van der Waals surface area contributed by atoms with Crippen LogP contribution in [-0.4, -0.2) is 31.1 Å². The molecule has 1 saturated carbocycles. The maximum absolute atomic E-state index is 3.75. The van der Waals surface area contributed by atoms with Gasteiger partial charge in [-0.15, -0.1) is 0 Å². The zero-order chi connectivity index (χ0) is 14.8. The van der Waals surface area contributed by atoms with Crippen molar-refractivity contribution >= 4 is 31.9 Å². The molecule has 2 atom stereocenters. The number of halogens is 2. The van der Waals surface area contributed by atoms with Crippen molar-refractivity contribution in [1.29, 1.82) is 0 Å². The van der Waals surface area contributed by atoms with Gasteiger partial charge in [0, 0.05) is 27.6 Å². The average molecular weight is 416 g/mol. The van der Waals surface area contributed by atoms with E-state index in [0.29, 0.717) is 12.0 Å². The molecule has 21 heavy (non-hydrogen) atoms. The van der Waals surface area contributed by atoms with Crippen LogP contribution in [0, 0.1) is 5.92 Å². The lowest BCUT2D eigenvalue weighted by molar-refractivity contribution is 0.188. The molecule has 1 aliphatic carbocycles. The number of nitrogens with one attached hydrogen (secondary N) is 1. The van der Waals surface area contributed by atoms with Gasteiger partial charge in [-0.3, -0.25) is 4.90 Å². The fourth-order valence-electron chi connectivity index (χ4n) is 3.47. The van der Waals surface area contributed by atoms with E-state index in [-0.39, 0.29) is 0 Å². The summed E-state index contributed by atoms with van der Waals surface area (Å²) in [5.74, 6) is 0.714. The smallest absolute Gasteiger partial charge is 0.0385 e. The first-order valence-corrected chi connectivity index (χ1v) is 9.62. The molecule has 1 heterocycles. The lowest BCUT2D eigenvalue weighted by Crippen LogP contribution is -2.35. The molecular weight excluding hydrogens is 392 g/mol. The molecule has 116 valence electrons. The van der Waals surface area contributed by atoms with Crippen LogP contribution in [0.2, 0.25) is 0 Å². The average Bonchev–Trinajstić information content (AvgIpc) is 3.28. The van der Waals surface area contributed by atoms with E-state index < -0.39 is 0 Å². The second kappa shape index (κ2) is 7.12. The Hall–Kier alpha value is 0.1000. The van der Waals surface area contributed by atoms with Gasteiger partial charge in [0.1, 0.15) is 0 Å². The third-order valence-electron chi connectivity index (χ3n) is 4.79. The first-order valence-electron chi connectivity index (χ1n) is 8.03. The molecule has 1 aromatic carbocycles. The van der Waals surface area contributed by atoms with Gasteiger partial charge in [0.15, 0.2) is 0 Å². The monoisotopic (exact) mass is 414 g/mol. The summed E-state index contributed by atoms with van der Waals surface area (Å²) in [5.41, 5.74) is 1.44. The number of nitrogens with zero attached hydrogens (tertiary/aromatic N) is 1. The van der Waals surface area contributed by atoms with E-state index in [1.165, 1.54) is 44.2 Å². The van der Waals surface area contributed by atoms with Crippen molar-refractivity contribution in [1.82, 2.24) is 10.2 Å². The summed E-state index contributed by atoms with van der Waals surface area (Å²) in [4.78, 5) is 2.56. The molecule has 2 unspecified atom stereocenters. The molecule has 0 bridgehead atoms. The summed E-state index contributed by atoms with van der Waals surface area (Å²) in [7, 11) is 2.29. The molecule has 0 spiro atoms. The van der Waals surface area contributed by atoms with Crippen LogP contribution >= 0.6 is 31.9 Å². The Bertz CT molecular complexity index is 488. The Labute approximate surface area is 144 Å². The number of rotatable bonds is 4. The zero-order valence-electron chi connectivity index (χ0n) is 12.6. The summed E-state index contributed by atoms with van der Waals surface area (Å²) < 4.78 is 2.29. The summed E-state index contributed by atoms with van der Waals surface area (Å²) in [6, 6.07) is 8.08. The molecule has 4 heteroatoms. The van der Waals surface area contributed by atoms with Gasteiger partial charge < -0.3 is 5.32 Å². The van der Waals surface area contributed by atoms with Crippen LogP contribution in [0.15, 0.2) is 27.1 Å². The molecule has 2 aliphatic rings. The maximum Gasteiger partial charge on any atom is 0.0385 e. The predicted molar refractivity (Wildman–Crippen MR) is 95.6 cm³/mol. The first kappa shape index (κ1) is 16.0. The van der Waals surface area contributed by atoms with Crippen molar-refractivity contribution in [2.45, 2.75) is 44.2 Å². The van der Waals surface area contributed by atoms with Crippen molar-refractivity contribution in [2.24, 2.45) is 5.92 Å². The Kier molecular flexibility index (Phi) is 5.41. The summed E-state index contributed by atoms with van der Waals surface area (Å²) >= 11 is 7.25. The molecular formula is C17H24Br2N2. The number of likely N-dealkylation sites (tertiary alicyclic amines) is 1. The first-order chi connectivity index (χ1) is 10.1. The molecule has 2 fully saturated rings. The summed E-state index contributed by atoms with van der Waals surface area (Å²) in [6.07, 6.45) is 6.76. The van der Waals surface area contributed by atoms with Gasteiger partial charge in [-0.05, 0) is 94.7 Å². The van der Waals surface area contributed by atoms with Gasteiger partial charge in [-0.25, -0.2) is 0 Å². The zero-order valence-corrected chi connectivity index (χ0v) is 15.8. The van der Waals surface area contributed by atoms with Gasteiger partial charge in [0.2, 0.25) is 0 Å². The third kappa shape index (κ3) is 4.10. The van der Waals surface area contributed by atoms with Crippen LogP contribution < -0.4 is 5.32 Å². The quantitative estimate of drug-likeness (QED) is 0.763. The Morgan fingerprint density at radius 3 is 2.67 bits per heavy atom. The molecule has 0 radical (unpaired) electrons. The van der Waals surface area contributed by atoms with Crippen molar-refractivity contribution in [3.63, 3.8) is 0 Å². The van der Waals surface area contributed by atoms with Crippen molar-refractivity contribution in [2.75, 3.05) is 20.1 Å². The standard InChI is InChI=1S/C17H24Br2N2/c1-21-9-3-2-4-13(11-20-14-6-7-14)17(21)12-5-8-15(18)16(19)10-12/h5,8,10,13-14,17,20H,2-4,6-7,9,11H2,1H3. The van der Waals surface area contributed by atoms with E-state index in [0.717, 1.165) is 21.5 Å². The van der Waals surface area contributed by atoms with Crippen LogP contribution in [0.3, 0.4) is 0 Å². The van der Waals surface area contributed by atoms with Gasteiger partial charge in [0.25, 0.3) is 0 Å². The number of benzene rings is 1. The van der Waals surface area contributed by atoms with Crippen LogP contribution in [0.5, 0.6) is 0 Å². The van der Waals surface area contributed by atoms with E-state index in [1.54, 1.807) is 0 Å². The Balaban J connectivity index is 1.81. The third-order valence-corrected chi connectivity index (χ3v) is 6.67. The van der Waals surface area contributed by atoms with E-state index in [4.69, 9.17) is 0 Å². The largest absolute Gasteiger partial charge is 0.314 e. The minimum atomic E-state index is 0.531. The minimum Gasteiger partial charge on any atom is -0.314 e. The van der Waals surface area contributed by atoms with Gasteiger partial charge in [-0.2, -0.15) is 0 Å². The lowest BCUT2D eigenvalue weighted by atomic mass is 9.89. The van der Waals surface area contributed by atoms with E-state index in [1.807, 2.05) is 0 Å². The SMILES string of the molecule is CN1CCCCC(CNC2CC2)C1c1ccc(Br)c(Br)c1. The topological polar surface area (TPSA) is 15.3 Å². The molecule has 0 amide bonds.